The molecule has 13 nitrogen and oxygen atoms in total. The third-order valence-corrected chi connectivity index (χ3v) is 17.7. The van der Waals surface area contributed by atoms with Crippen LogP contribution in [0.25, 0.3) is 0 Å². The van der Waals surface area contributed by atoms with E-state index in [1.165, 1.54) is 0 Å². The van der Waals surface area contributed by atoms with Crippen molar-refractivity contribution in [3.63, 3.8) is 0 Å². The van der Waals surface area contributed by atoms with Gasteiger partial charge >= 0.3 is 108 Å². The fraction of sp³-hybridized carbons (Fsp3) is 0. The van der Waals surface area contributed by atoms with Crippen LogP contribution >= 0.6 is 0 Å². The summed E-state index contributed by atoms with van der Waals surface area (Å²) in [5, 5.41) is 0. The number of hydrogen-bond donors (Lipinski definition) is 2. The van der Waals surface area contributed by atoms with Crippen molar-refractivity contribution in [2.45, 2.75) is 0 Å². The van der Waals surface area contributed by atoms with Crippen molar-refractivity contribution in [3.05, 3.63) is 0 Å². The molecule has 0 aromatic heterocycles. The Hall–Kier alpha value is 0.953. The molecule has 0 unspecified atom stereocenters. The Kier molecular flexibility index (Phi) is 5.83. The van der Waals surface area contributed by atoms with Gasteiger partial charge in [0, 0.05) is 0 Å². The molecule has 17 heavy (non-hydrogen) atoms. The van der Waals surface area contributed by atoms with Crippen LogP contribution in [0.15, 0.2) is 0 Å². The van der Waals surface area contributed by atoms with Gasteiger partial charge in [0.25, 0.3) is 0 Å². The molecule has 0 aliphatic heterocycles. The zero-order chi connectivity index (χ0) is 14.1. The average Bonchev–Trinajstić information content (AvgIpc) is 1.65. The van der Waals surface area contributed by atoms with Gasteiger partial charge in [0.05, 0.1) is 0 Å². The monoisotopic (exact) mass is 602 g/mol. The third-order valence-electron chi connectivity index (χ3n) is 0.505. The standard InChI is InChI=1S/4Mo.2H2O.11O/h;;;;2*1H2;;;;;;;;;;;/q;;2*+1;;;;;;;;;;;;;/p-2. The minimum absolute atomic E-state index is 2.97. The van der Waals surface area contributed by atoms with Gasteiger partial charge in [0.2, 0.25) is 0 Å². The Bertz CT molecular complexity index is 601. The molecule has 0 aromatic rings. The third kappa shape index (κ3) is 10.6. The first-order valence-electron chi connectivity index (χ1n) is 2.70. The Balaban J connectivity index is 5.11. The zero-order valence-electron chi connectivity index (χ0n) is 7.02. The predicted molar refractivity (Wildman–Crippen MR) is 13.2 cm³/mol. The molecule has 0 amide bonds. The van der Waals surface area contributed by atoms with Crippen LogP contribution in [0.1, 0.15) is 0 Å². The van der Waals surface area contributed by atoms with Gasteiger partial charge in [-0.05, 0) is 0 Å². The molecule has 17 heteroatoms. The molecule has 0 radical (unpaired) electrons. The van der Waals surface area contributed by atoms with Gasteiger partial charge in [0.1, 0.15) is 0 Å². The maximum absolute atomic E-state index is 10.6. The fourth-order valence-corrected chi connectivity index (χ4v) is 15.6. The van der Waals surface area contributed by atoms with Crippen molar-refractivity contribution < 1.29 is 108 Å². The summed E-state index contributed by atoms with van der Waals surface area (Å²) in [5.74, 6) is 0. The van der Waals surface area contributed by atoms with Crippen molar-refractivity contribution in [2.24, 2.45) is 0 Å². The molecule has 0 spiro atoms. The summed E-state index contributed by atoms with van der Waals surface area (Å²) in [4.78, 5) is 0. The van der Waals surface area contributed by atoms with Crippen LogP contribution in [-0.2, 0) is 100 Å². The van der Waals surface area contributed by atoms with Gasteiger partial charge in [-0.1, -0.05) is 0 Å². The Morgan fingerprint density at radius 1 is 0.529 bits per heavy atom. The van der Waals surface area contributed by atoms with Crippen molar-refractivity contribution >= 4 is 0 Å². The number of rotatable bonds is 6. The summed E-state index contributed by atoms with van der Waals surface area (Å²) in [5.41, 5.74) is 0. The molecule has 0 aliphatic carbocycles. The van der Waals surface area contributed by atoms with Crippen LogP contribution in [-0.4, -0.2) is 7.52 Å². The second-order valence-corrected chi connectivity index (χ2v) is 17.0. The minimum atomic E-state index is -6.94. The van der Waals surface area contributed by atoms with Crippen LogP contribution in [0.4, 0.5) is 0 Å². The fourth-order valence-electron chi connectivity index (χ4n) is 0.335. The average molecular weight is 594 g/mol. The molecule has 0 atom stereocenters. The molecule has 0 fully saturated rings. The first kappa shape index (κ1) is 18.0. The summed E-state index contributed by atoms with van der Waals surface area (Å²) in [6, 6.07) is 0. The first-order chi connectivity index (χ1) is 7.12. The maximum atomic E-state index is 10.6. The normalized spacial score (nSPS) is 14.7. The van der Waals surface area contributed by atoms with Crippen LogP contribution in [0, 0.1) is 0 Å². The van der Waals surface area contributed by atoms with E-state index in [0.717, 1.165) is 0 Å². The molecular formula is H2Mo4O13. The van der Waals surface area contributed by atoms with E-state index in [2.05, 4.69) is 6.13 Å². The predicted octanol–water partition coefficient (Wildman–Crippen LogP) is -2.28. The molecule has 2 N–H and O–H groups in total. The molecular weight excluding hydrogens is 592 g/mol. The van der Waals surface area contributed by atoms with Gasteiger partial charge in [-0.15, -0.1) is 0 Å². The topological polar surface area (TPSA) is 205 Å². The van der Waals surface area contributed by atoms with Crippen LogP contribution in [0.5, 0.6) is 0 Å². The van der Waals surface area contributed by atoms with Gasteiger partial charge in [-0.3, -0.25) is 0 Å². The SMILES string of the molecule is [O]=[Mo](=[O])([OH])[O][Mo](=[O])(=[O])[O][Mo](=[O])(=[O])[O][Mo](=[O])(=[O])[OH]. The molecule has 0 aliphatic rings. The first-order valence-corrected chi connectivity index (χ1v) is 16.0. The Labute approximate surface area is 107 Å². The van der Waals surface area contributed by atoms with Crippen molar-refractivity contribution in [3.8, 4) is 0 Å². The van der Waals surface area contributed by atoms with Gasteiger partial charge in [-0.2, -0.15) is 0 Å². The molecule has 0 heterocycles. The van der Waals surface area contributed by atoms with Crippen LogP contribution in [0.3, 0.4) is 0 Å². The van der Waals surface area contributed by atoms with Crippen molar-refractivity contribution in [2.75, 3.05) is 0 Å². The van der Waals surface area contributed by atoms with E-state index in [-0.39, 0.29) is 0 Å². The quantitative estimate of drug-likeness (QED) is 0.312. The summed E-state index contributed by atoms with van der Waals surface area (Å²) in [6.45, 7) is 0. The van der Waals surface area contributed by atoms with E-state index in [4.69, 9.17) is 7.52 Å². The van der Waals surface area contributed by atoms with E-state index in [1.807, 2.05) is 0 Å². The van der Waals surface area contributed by atoms with Crippen molar-refractivity contribution in [1.29, 1.82) is 0 Å². The zero-order valence-corrected chi connectivity index (χ0v) is 15.0. The van der Waals surface area contributed by atoms with E-state index in [9.17, 15) is 27.2 Å². The summed E-state index contributed by atoms with van der Waals surface area (Å²) in [7, 11) is 0. The molecule has 104 valence electrons. The summed E-state index contributed by atoms with van der Waals surface area (Å²) in [6.07, 6.45) is 0. The summed E-state index contributed by atoms with van der Waals surface area (Å²) < 4.78 is 108. The number of hydrogen-bond acceptors (Lipinski definition) is 11. The van der Waals surface area contributed by atoms with E-state index < -0.39 is 67.0 Å². The molecule has 0 rings (SSSR count). The van der Waals surface area contributed by atoms with Gasteiger partial charge < -0.3 is 0 Å². The summed E-state index contributed by atoms with van der Waals surface area (Å²) >= 11 is -27.2. The molecule has 0 bridgehead atoms. The van der Waals surface area contributed by atoms with Crippen LogP contribution in [0.2, 0.25) is 0 Å². The second kappa shape index (κ2) is 5.52. The van der Waals surface area contributed by atoms with Gasteiger partial charge in [0.15, 0.2) is 0 Å². The van der Waals surface area contributed by atoms with Crippen molar-refractivity contribution in [1.82, 2.24) is 0 Å². The molecule has 0 saturated heterocycles. The van der Waals surface area contributed by atoms with Crippen LogP contribution < -0.4 is 0 Å². The second-order valence-electron chi connectivity index (χ2n) is 1.88. The molecule has 0 aromatic carbocycles. The van der Waals surface area contributed by atoms with E-state index in [1.54, 1.807) is 0 Å². The van der Waals surface area contributed by atoms with E-state index in [0.29, 0.717) is 0 Å². The van der Waals surface area contributed by atoms with E-state index >= 15 is 0 Å². The Morgan fingerprint density at radius 2 is 0.765 bits per heavy atom. The Morgan fingerprint density at radius 3 is 0.941 bits per heavy atom. The van der Waals surface area contributed by atoms with Gasteiger partial charge in [-0.25, -0.2) is 0 Å². The molecule has 0 saturated carbocycles.